The molecule has 2 rings (SSSR count). The van der Waals surface area contributed by atoms with E-state index in [2.05, 4.69) is 15.4 Å². The van der Waals surface area contributed by atoms with Crippen molar-refractivity contribution in [3.05, 3.63) is 18.5 Å². The van der Waals surface area contributed by atoms with Crippen LogP contribution in [0.25, 0.3) is 0 Å². The second kappa shape index (κ2) is 4.07. The van der Waals surface area contributed by atoms with Crippen LogP contribution in [0.3, 0.4) is 0 Å². The van der Waals surface area contributed by atoms with Crippen LogP contribution in [0, 0.1) is 0 Å². The van der Waals surface area contributed by atoms with Gasteiger partial charge in [0.1, 0.15) is 0 Å². The molecule has 4 heteroatoms. The third kappa shape index (κ3) is 2.31. The molecule has 0 bridgehead atoms. The highest BCUT2D eigenvalue weighted by atomic mass is 15.3. The third-order valence-electron chi connectivity index (χ3n) is 2.10. The van der Waals surface area contributed by atoms with Gasteiger partial charge in [0.25, 0.3) is 0 Å². The lowest BCUT2D eigenvalue weighted by atomic mass is 10.3. The van der Waals surface area contributed by atoms with Crippen LogP contribution in [0.2, 0.25) is 0 Å². The summed E-state index contributed by atoms with van der Waals surface area (Å²) in [4.78, 5) is 4.33. The maximum atomic E-state index is 4.33. The van der Waals surface area contributed by atoms with Crippen molar-refractivity contribution in [3.8, 4) is 0 Å². The summed E-state index contributed by atoms with van der Waals surface area (Å²) in [5, 5.41) is 7.43. The van der Waals surface area contributed by atoms with Crippen LogP contribution in [0.1, 0.15) is 12.8 Å². The summed E-state index contributed by atoms with van der Waals surface area (Å²) in [5.74, 6) is 1.16. The molecule has 2 heterocycles. The zero-order valence-corrected chi connectivity index (χ0v) is 7.61. The Labute approximate surface area is 77.7 Å². The topological polar surface area (TPSA) is 42.2 Å². The van der Waals surface area contributed by atoms with Gasteiger partial charge in [-0.3, -0.25) is 9.67 Å². The molecule has 0 saturated heterocycles. The van der Waals surface area contributed by atoms with Gasteiger partial charge < -0.3 is 5.32 Å². The van der Waals surface area contributed by atoms with E-state index in [0.717, 1.165) is 31.9 Å². The zero-order valence-electron chi connectivity index (χ0n) is 7.61. The van der Waals surface area contributed by atoms with Gasteiger partial charge in [-0.25, -0.2) is 0 Å². The van der Waals surface area contributed by atoms with Crippen molar-refractivity contribution in [1.29, 1.82) is 0 Å². The molecule has 0 aromatic carbocycles. The lowest BCUT2D eigenvalue weighted by molar-refractivity contribution is 0.602. The number of aliphatic imine (C=N–C) groups is 1. The van der Waals surface area contributed by atoms with Crippen LogP contribution >= 0.6 is 0 Å². The Morgan fingerprint density at radius 3 is 3.23 bits per heavy atom. The first kappa shape index (κ1) is 8.29. The van der Waals surface area contributed by atoms with Gasteiger partial charge in [0.2, 0.25) is 0 Å². The van der Waals surface area contributed by atoms with E-state index in [0.29, 0.717) is 0 Å². The van der Waals surface area contributed by atoms with E-state index in [9.17, 15) is 0 Å². The molecule has 0 fully saturated rings. The van der Waals surface area contributed by atoms with Crippen LogP contribution in [0.15, 0.2) is 23.5 Å². The largest absolute Gasteiger partial charge is 0.372 e. The van der Waals surface area contributed by atoms with Gasteiger partial charge in [0.15, 0.2) is 0 Å². The average molecular weight is 178 g/mol. The predicted octanol–water partition coefficient (Wildman–Crippen LogP) is 0.665. The Morgan fingerprint density at radius 2 is 2.54 bits per heavy atom. The van der Waals surface area contributed by atoms with Crippen LogP contribution in [0.5, 0.6) is 0 Å². The molecule has 4 nitrogen and oxygen atoms in total. The summed E-state index contributed by atoms with van der Waals surface area (Å²) in [6.07, 6.45) is 6.08. The zero-order chi connectivity index (χ0) is 8.93. The highest BCUT2D eigenvalue weighted by Gasteiger charge is 2.03. The quantitative estimate of drug-likeness (QED) is 0.739. The Balaban J connectivity index is 1.69. The van der Waals surface area contributed by atoms with Gasteiger partial charge in [-0.2, -0.15) is 5.10 Å². The molecule has 0 aliphatic carbocycles. The van der Waals surface area contributed by atoms with Crippen LogP contribution in [0.4, 0.5) is 0 Å². The minimum absolute atomic E-state index is 0.909. The maximum absolute atomic E-state index is 4.33. The van der Waals surface area contributed by atoms with E-state index in [1.807, 2.05) is 16.9 Å². The fraction of sp³-hybridized carbons (Fsp3) is 0.556. The van der Waals surface area contributed by atoms with E-state index < -0.39 is 0 Å². The van der Waals surface area contributed by atoms with E-state index in [1.165, 1.54) is 6.42 Å². The highest BCUT2D eigenvalue weighted by molar-refractivity contribution is 5.83. The van der Waals surface area contributed by atoms with Crippen LogP contribution in [-0.2, 0) is 6.54 Å². The number of nitrogens with one attached hydrogen (secondary N) is 1. The molecule has 1 aliphatic rings. The summed E-state index contributed by atoms with van der Waals surface area (Å²) in [5.41, 5.74) is 0. The van der Waals surface area contributed by atoms with Crippen LogP contribution < -0.4 is 5.32 Å². The van der Waals surface area contributed by atoms with E-state index in [1.54, 1.807) is 6.20 Å². The molecule has 70 valence electrons. The monoisotopic (exact) mass is 178 g/mol. The molecule has 0 spiro atoms. The predicted molar refractivity (Wildman–Crippen MR) is 51.8 cm³/mol. The molecule has 1 N–H and O–H groups in total. The van der Waals surface area contributed by atoms with Crippen molar-refractivity contribution in [2.75, 3.05) is 13.1 Å². The van der Waals surface area contributed by atoms with E-state index >= 15 is 0 Å². The summed E-state index contributed by atoms with van der Waals surface area (Å²) in [7, 11) is 0. The van der Waals surface area contributed by atoms with E-state index in [-0.39, 0.29) is 0 Å². The first-order chi connectivity index (χ1) is 6.45. The summed E-state index contributed by atoms with van der Waals surface area (Å²) in [6.45, 7) is 2.82. The first-order valence-electron chi connectivity index (χ1n) is 4.70. The number of amidine groups is 1. The Morgan fingerprint density at radius 1 is 1.54 bits per heavy atom. The van der Waals surface area contributed by atoms with Crippen molar-refractivity contribution in [2.24, 2.45) is 4.99 Å². The van der Waals surface area contributed by atoms with Gasteiger partial charge in [-0.15, -0.1) is 0 Å². The van der Waals surface area contributed by atoms with Crippen molar-refractivity contribution in [1.82, 2.24) is 15.1 Å². The Bertz CT molecular complexity index is 276. The maximum Gasteiger partial charge on any atom is 0.0964 e. The van der Waals surface area contributed by atoms with Crippen LogP contribution in [-0.4, -0.2) is 28.7 Å². The van der Waals surface area contributed by atoms with Crippen molar-refractivity contribution < 1.29 is 0 Å². The van der Waals surface area contributed by atoms with Gasteiger partial charge >= 0.3 is 0 Å². The molecule has 0 unspecified atom stereocenters. The number of aromatic nitrogens is 2. The number of nitrogens with zero attached hydrogens (tertiary/aromatic N) is 3. The van der Waals surface area contributed by atoms with Gasteiger partial charge in [0, 0.05) is 31.9 Å². The molecule has 0 amide bonds. The molecule has 1 aliphatic heterocycles. The van der Waals surface area contributed by atoms with E-state index in [4.69, 9.17) is 0 Å². The second-order valence-corrected chi connectivity index (χ2v) is 3.13. The smallest absolute Gasteiger partial charge is 0.0964 e. The Hall–Kier alpha value is -1.32. The fourth-order valence-corrected chi connectivity index (χ4v) is 1.43. The molecular weight excluding hydrogens is 164 g/mol. The molecule has 0 atom stereocenters. The number of hydrogen-bond donors (Lipinski definition) is 1. The molecule has 1 aromatic heterocycles. The van der Waals surface area contributed by atoms with Gasteiger partial charge in [-0.05, 0) is 12.5 Å². The Kier molecular flexibility index (Phi) is 2.59. The fourth-order valence-electron chi connectivity index (χ4n) is 1.43. The van der Waals surface area contributed by atoms with Crippen molar-refractivity contribution in [3.63, 3.8) is 0 Å². The van der Waals surface area contributed by atoms with Crippen molar-refractivity contribution >= 4 is 5.84 Å². The lowest BCUT2D eigenvalue weighted by Crippen LogP contribution is -2.25. The van der Waals surface area contributed by atoms with Gasteiger partial charge in [0.05, 0.1) is 12.4 Å². The summed E-state index contributed by atoms with van der Waals surface area (Å²) in [6, 6.07) is 1.94. The standard InChI is InChI=1S/C9H14N4/c1-3-9(10-4-1)11-6-8-13-7-2-5-12-13/h2,5,7H,1,3-4,6,8H2,(H,10,11). The molecule has 0 saturated carbocycles. The third-order valence-corrected chi connectivity index (χ3v) is 2.10. The molecule has 0 radical (unpaired) electrons. The normalized spacial score (nSPS) is 15.8. The molecular formula is C9H14N4. The molecule has 13 heavy (non-hydrogen) atoms. The molecule has 1 aromatic rings. The minimum atomic E-state index is 0.909. The van der Waals surface area contributed by atoms with Gasteiger partial charge in [-0.1, -0.05) is 0 Å². The number of hydrogen-bond acceptors (Lipinski definition) is 3. The second-order valence-electron chi connectivity index (χ2n) is 3.13. The highest BCUT2D eigenvalue weighted by Crippen LogP contribution is 2.00. The lowest BCUT2D eigenvalue weighted by Gasteiger charge is -2.04. The first-order valence-corrected chi connectivity index (χ1v) is 4.70. The summed E-state index contributed by atoms with van der Waals surface area (Å²) < 4.78 is 1.92. The summed E-state index contributed by atoms with van der Waals surface area (Å²) >= 11 is 0. The number of rotatable bonds is 3. The SMILES string of the molecule is c1cnn(CCNC2=NCCC2)c1. The average Bonchev–Trinajstić information content (AvgIpc) is 2.75. The van der Waals surface area contributed by atoms with Crippen molar-refractivity contribution in [2.45, 2.75) is 19.4 Å². The minimum Gasteiger partial charge on any atom is -0.372 e.